The first-order valence-corrected chi connectivity index (χ1v) is 8.57. The molecule has 8 heteroatoms. The Morgan fingerprint density at radius 2 is 2.12 bits per heavy atom. The van der Waals surface area contributed by atoms with Crippen LogP contribution in [0.3, 0.4) is 0 Å². The maximum Gasteiger partial charge on any atom is 0.326 e. The number of anilines is 1. The number of carbonyl (C=O) groups excluding carboxylic acids is 2. The van der Waals surface area contributed by atoms with Crippen LogP contribution in [-0.2, 0) is 14.3 Å². The lowest BCUT2D eigenvalue weighted by Crippen LogP contribution is -2.38. The van der Waals surface area contributed by atoms with E-state index >= 15 is 0 Å². The van der Waals surface area contributed by atoms with Crippen LogP contribution >= 0.6 is 15.9 Å². The summed E-state index contributed by atoms with van der Waals surface area (Å²) in [5.41, 5.74) is 0.296. The Morgan fingerprint density at radius 3 is 2.65 bits per heavy atom. The number of hydrogen-bond acceptors (Lipinski definition) is 4. The maximum absolute atomic E-state index is 13.5. The fourth-order valence-corrected chi connectivity index (χ4v) is 2.45. The fourth-order valence-electron chi connectivity index (χ4n) is 2.18. The van der Waals surface area contributed by atoms with Gasteiger partial charge >= 0.3 is 5.97 Å². The molecule has 0 bridgehead atoms. The number of halogens is 2. The second kappa shape index (κ2) is 7.82. The van der Waals surface area contributed by atoms with Crippen molar-refractivity contribution in [2.24, 2.45) is 0 Å². The number of carbonyl (C=O) groups is 2. The number of benzene rings is 1. The molecule has 2 aromatic rings. The highest BCUT2D eigenvalue weighted by Crippen LogP contribution is 2.22. The first-order valence-electron chi connectivity index (χ1n) is 7.77. The Balaban J connectivity index is 2.33. The third-order valence-corrected chi connectivity index (χ3v) is 3.71. The van der Waals surface area contributed by atoms with E-state index in [0.29, 0.717) is 11.4 Å². The second-order valence-corrected chi connectivity index (χ2v) is 7.30. The van der Waals surface area contributed by atoms with Gasteiger partial charge in [-0.15, -0.1) is 5.10 Å². The van der Waals surface area contributed by atoms with Crippen LogP contribution < -0.4 is 4.90 Å². The van der Waals surface area contributed by atoms with Crippen molar-refractivity contribution in [3.05, 3.63) is 53.5 Å². The summed E-state index contributed by atoms with van der Waals surface area (Å²) in [6, 6.07) is 6.65. The highest BCUT2D eigenvalue weighted by molar-refractivity contribution is 9.10. The maximum atomic E-state index is 13.5. The lowest BCUT2D eigenvalue weighted by atomic mass is 10.2. The molecule has 0 N–H and O–H groups in total. The number of hydrogen-bond donors (Lipinski definition) is 0. The summed E-state index contributed by atoms with van der Waals surface area (Å²) < 4.78 is 20.3. The normalized spacial score (nSPS) is 11.1. The quantitative estimate of drug-likeness (QED) is 0.543. The minimum atomic E-state index is -0.666. The molecule has 0 aliphatic carbocycles. The molecular formula is C18H19BrFN3O3. The second-order valence-electron chi connectivity index (χ2n) is 6.45. The van der Waals surface area contributed by atoms with Crippen molar-refractivity contribution < 1.29 is 18.7 Å². The molecule has 0 radical (unpaired) electrons. The van der Waals surface area contributed by atoms with Crippen molar-refractivity contribution in [1.82, 2.24) is 9.78 Å². The van der Waals surface area contributed by atoms with Crippen molar-refractivity contribution in [3.8, 4) is 5.69 Å². The molecule has 0 fully saturated rings. The van der Waals surface area contributed by atoms with Crippen LogP contribution in [0.15, 0.2) is 47.6 Å². The van der Waals surface area contributed by atoms with E-state index in [9.17, 15) is 14.0 Å². The number of esters is 1. The zero-order chi connectivity index (χ0) is 19.5. The van der Waals surface area contributed by atoms with Gasteiger partial charge in [0.25, 0.3) is 5.91 Å². The van der Waals surface area contributed by atoms with Crippen LogP contribution in [0.4, 0.5) is 10.1 Å². The predicted molar refractivity (Wildman–Crippen MR) is 99.6 cm³/mol. The van der Waals surface area contributed by atoms with Crippen LogP contribution in [0, 0.1) is 5.95 Å². The van der Waals surface area contributed by atoms with Crippen molar-refractivity contribution in [2.75, 3.05) is 11.4 Å². The summed E-state index contributed by atoms with van der Waals surface area (Å²) in [5.74, 6) is -1.66. The van der Waals surface area contributed by atoms with Gasteiger partial charge in [-0.2, -0.15) is 4.39 Å². The third kappa shape index (κ3) is 5.01. The highest BCUT2D eigenvalue weighted by atomic mass is 79.9. The summed E-state index contributed by atoms with van der Waals surface area (Å²) in [6.45, 7) is 8.43. The van der Waals surface area contributed by atoms with E-state index in [1.807, 2.05) is 0 Å². The Morgan fingerprint density at radius 1 is 1.42 bits per heavy atom. The zero-order valence-electron chi connectivity index (χ0n) is 14.7. The molecule has 138 valence electrons. The molecule has 1 amide bonds. The number of nitrogens with zero attached hydrogens (tertiary/aromatic N) is 3. The Labute approximate surface area is 159 Å². The minimum Gasteiger partial charge on any atom is -0.459 e. The molecular weight excluding hydrogens is 405 g/mol. The monoisotopic (exact) mass is 423 g/mol. The van der Waals surface area contributed by atoms with Crippen LogP contribution in [0.2, 0.25) is 0 Å². The summed E-state index contributed by atoms with van der Waals surface area (Å²) >= 11 is 3.06. The molecule has 1 aromatic heterocycles. The van der Waals surface area contributed by atoms with Gasteiger partial charge in [0.05, 0.1) is 10.2 Å². The summed E-state index contributed by atoms with van der Waals surface area (Å²) in [4.78, 5) is 25.6. The van der Waals surface area contributed by atoms with Gasteiger partial charge in [-0.3, -0.25) is 14.5 Å². The van der Waals surface area contributed by atoms with E-state index in [2.05, 4.69) is 27.6 Å². The highest BCUT2D eigenvalue weighted by Gasteiger charge is 2.22. The minimum absolute atomic E-state index is 0.218. The molecule has 2 rings (SSSR count). The zero-order valence-corrected chi connectivity index (χ0v) is 16.3. The Bertz CT molecular complexity index is 823. The van der Waals surface area contributed by atoms with Gasteiger partial charge in [-0.05, 0) is 61.0 Å². The van der Waals surface area contributed by atoms with Crippen LogP contribution in [0.25, 0.3) is 5.69 Å². The van der Waals surface area contributed by atoms with E-state index in [1.54, 1.807) is 45.0 Å². The lowest BCUT2D eigenvalue weighted by molar-refractivity contribution is -0.153. The van der Waals surface area contributed by atoms with Gasteiger partial charge in [-0.1, -0.05) is 12.6 Å². The van der Waals surface area contributed by atoms with Crippen LogP contribution in [0.1, 0.15) is 20.8 Å². The number of amides is 1. The molecule has 0 saturated carbocycles. The predicted octanol–water partition coefficient (Wildman–Crippen LogP) is 3.63. The van der Waals surface area contributed by atoms with Crippen LogP contribution in [0.5, 0.6) is 0 Å². The average Bonchev–Trinajstić information content (AvgIpc) is 2.89. The van der Waals surface area contributed by atoms with Crippen molar-refractivity contribution >= 4 is 33.5 Å². The molecule has 26 heavy (non-hydrogen) atoms. The standard InChI is InChI=1S/C18H19BrFN3O3/c1-5-15(24)22(11-16(25)26-18(2,3)4)12-7-6-8-13(9-12)23-10-14(19)17(20)21-23/h5-10H,1,11H2,2-4H3. The molecule has 0 spiro atoms. The molecule has 6 nitrogen and oxygen atoms in total. The summed E-state index contributed by atoms with van der Waals surface area (Å²) in [6.07, 6.45) is 2.57. The first-order chi connectivity index (χ1) is 12.1. The smallest absolute Gasteiger partial charge is 0.326 e. The van der Waals surface area contributed by atoms with Gasteiger partial charge in [-0.25, -0.2) is 4.68 Å². The molecule has 0 aliphatic heterocycles. The molecule has 1 aromatic carbocycles. The summed E-state index contributed by atoms with van der Waals surface area (Å²) in [7, 11) is 0. The molecule has 0 atom stereocenters. The Hall–Kier alpha value is -2.48. The van der Waals surface area contributed by atoms with E-state index in [4.69, 9.17) is 4.74 Å². The van der Waals surface area contributed by atoms with Gasteiger partial charge in [0.1, 0.15) is 12.1 Å². The molecule has 0 aliphatic rings. The summed E-state index contributed by atoms with van der Waals surface area (Å²) in [5, 5.41) is 3.74. The van der Waals surface area contributed by atoms with E-state index in [1.165, 1.54) is 15.8 Å². The fraction of sp³-hybridized carbons (Fsp3) is 0.278. The average molecular weight is 424 g/mol. The Kier molecular flexibility index (Phi) is 5.97. The largest absolute Gasteiger partial charge is 0.459 e. The van der Waals surface area contributed by atoms with Gasteiger partial charge < -0.3 is 4.74 Å². The first kappa shape index (κ1) is 19.8. The molecule has 1 heterocycles. The SMILES string of the molecule is C=CC(=O)N(CC(=O)OC(C)(C)C)c1cccc(-n2cc(Br)c(F)n2)c1. The van der Waals surface area contributed by atoms with Gasteiger partial charge in [0.15, 0.2) is 0 Å². The van der Waals surface area contributed by atoms with Crippen LogP contribution in [-0.4, -0.2) is 33.8 Å². The van der Waals surface area contributed by atoms with Gasteiger partial charge in [0.2, 0.25) is 5.95 Å². The van der Waals surface area contributed by atoms with E-state index in [-0.39, 0.29) is 11.0 Å². The van der Waals surface area contributed by atoms with Crippen molar-refractivity contribution in [3.63, 3.8) is 0 Å². The molecule has 0 unspecified atom stereocenters. The topological polar surface area (TPSA) is 64.4 Å². The number of rotatable bonds is 5. The molecule has 0 saturated heterocycles. The van der Waals surface area contributed by atoms with Crippen molar-refractivity contribution in [1.29, 1.82) is 0 Å². The number of ether oxygens (including phenoxy) is 1. The van der Waals surface area contributed by atoms with E-state index < -0.39 is 23.4 Å². The van der Waals surface area contributed by atoms with Crippen molar-refractivity contribution in [2.45, 2.75) is 26.4 Å². The lowest BCUT2D eigenvalue weighted by Gasteiger charge is -2.24. The van der Waals surface area contributed by atoms with Gasteiger partial charge in [0, 0.05) is 11.9 Å². The third-order valence-electron chi connectivity index (χ3n) is 3.18. The number of aromatic nitrogens is 2. The van der Waals surface area contributed by atoms with E-state index in [0.717, 1.165) is 6.08 Å².